The first-order valence-electron chi connectivity index (χ1n) is 4.92. The molecule has 0 fully saturated rings. The number of aromatic nitrogens is 3. The number of hydrogen-bond acceptors (Lipinski definition) is 2. The highest BCUT2D eigenvalue weighted by Crippen LogP contribution is 2.28. The summed E-state index contributed by atoms with van der Waals surface area (Å²) in [7, 11) is 0. The van der Waals surface area contributed by atoms with Crippen molar-refractivity contribution in [3.05, 3.63) is 35.7 Å². The normalized spacial score (nSPS) is 14.3. The zero-order chi connectivity index (χ0) is 9.38. The van der Waals surface area contributed by atoms with Crippen LogP contribution in [0.5, 0.6) is 0 Å². The number of fused-ring (bicyclic) bond motifs is 1. The average Bonchev–Trinajstić information content (AvgIpc) is 2.79. The van der Waals surface area contributed by atoms with Gasteiger partial charge in [-0.25, -0.2) is 0 Å². The van der Waals surface area contributed by atoms with Gasteiger partial charge in [-0.2, -0.15) is 5.10 Å². The lowest BCUT2D eigenvalue weighted by atomic mass is 10.1. The van der Waals surface area contributed by atoms with Gasteiger partial charge in [-0.05, 0) is 31.4 Å². The molecule has 2 aromatic heterocycles. The van der Waals surface area contributed by atoms with E-state index in [0.29, 0.717) is 0 Å². The molecule has 0 unspecified atom stereocenters. The molecule has 0 aromatic carbocycles. The molecule has 3 nitrogen and oxygen atoms in total. The van der Waals surface area contributed by atoms with Crippen molar-refractivity contribution in [2.24, 2.45) is 0 Å². The summed E-state index contributed by atoms with van der Waals surface area (Å²) in [6, 6.07) is 5.93. The monoisotopic (exact) mass is 185 g/mol. The standard InChI is InChI=1S/C11H11N3/c1-2-7-12-10(5-1)11-8-4-3-6-9(8)13-14-11/h1-2,5,7H,3-4,6H2,(H,13,14). The third-order valence-corrected chi connectivity index (χ3v) is 2.71. The largest absolute Gasteiger partial charge is 0.282 e. The maximum Gasteiger partial charge on any atom is 0.114 e. The van der Waals surface area contributed by atoms with Crippen LogP contribution in [0.25, 0.3) is 11.4 Å². The van der Waals surface area contributed by atoms with Crippen molar-refractivity contribution in [3.63, 3.8) is 0 Å². The third-order valence-electron chi connectivity index (χ3n) is 2.71. The van der Waals surface area contributed by atoms with E-state index in [4.69, 9.17) is 0 Å². The smallest absolute Gasteiger partial charge is 0.114 e. The Morgan fingerprint density at radius 3 is 3.07 bits per heavy atom. The van der Waals surface area contributed by atoms with E-state index >= 15 is 0 Å². The van der Waals surface area contributed by atoms with Crippen LogP contribution in [0.4, 0.5) is 0 Å². The Morgan fingerprint density at radius 1 is 1.21 bits per heavy atom. The molecule has 70 valence electrons. The summed E-state index contributed by atoms with van der Waals surface area (Å²) < 4.78 is 0. The summed E-state index contributed by atoms with van der Waals surface area (Å²) in [4.78, 5) is 4.32. The predicted octanol–water partition coefficient (Wildman–Crippen LogP) is 1.96. The summed E-state index contributed by atoms with van der Waals surface area (Å²) in [6.45, 7) is 0. The number of pyridine rings is 1. The van der Waals surface area contributed by atoms with E-state index in [1.165, 1.54) is 17.7 Å². The Bertz CT molecular complexity index is 445. The first kappa shape index (κ1) is 7.74. The number of nitrogens with one attached hydrogen (secondary N) is 1. The van der Waals surface area contributed by atoms with Crippen LogP contribution >= 0.6 is 0 Å². The van der Waals surface area contributed by atoms with E-state index in [1.807, 2.05) is 24.4 Å². The van der Waals surface area contributed by atoms with E-state index in [2.05, 4.69) is 15.2 Å². The van der Waals surface area contributed by atoms with Crippen molar-refractivity contribution in [2.75, 3.05) is 0 Å². The fraction of sp³-hybridized carbons (Fsp3) is 0.273. The van der Waals surface area contributed by atoms with E-state index in [0.717, 1.165) is 24.2 Å². The number of hydrogen-bond donors (Lipinski definition) is 1. The quantitative estimate of drug-likeness (QED) is 0.737. The number of H-pyrrole nitrogens is 1. The molecule has 2 aromatic rings. The Balaban J connectivity index is 2.13. The molecule has 0 aliphatic heterocycles. The second-order valence-electron chi connectivity index (χ2n) is 3.60. The maximum absolute atomic E-state index is 4.32. The van der Waals surface area contributed by atoms with Gasteiger partial charge in [0.15, 0.2) is 0 Å². The van der Waals surface area contributed by atoms with Crippen molar-refractivity contribution >= 4 is 0 Å². The lowest BCUT2D eigenvalue weighted by Gasteiger charge is -1.96. The van der Waals surface area contributed by atoms with Crippen LogP contribution < -0.4 is 0 Å². The highest BCUT2D eigenvalue weighted by atomic mass is 15.1. The predicted molar refractivity (Wildman–Crippen MR) is 53.8 cm³/mol. The minimum absolute atomic E-state index is 0.979. The second-order valence-corrected chi connectivity index (χ2v) is 3.60. The van der Waals surface area contributed by atoms with Crippen LogP contribution in [-0.2, 0) is 12.8 Å². The highest BCUT2D eigenvalue weighted by Gasteiger charge is 2.19. The van der Waals surface area contributed by atoms with Gasteiger partial charge in [-0.15, -0.1) is 0 Å². The first-order chi connectivity index (χ1) is 6.95. The SMILES string of the molecule is c1ccc(-c2n[nH]c3c2CCC3)nc1. The van der Waals surface area contributed by atoms with Crippen molar-refractivity contribution in [1.82, 2.24) is 15.2 Å². The van der Waals surface area contributed by atoms with Crippen molar-refractivity contribution in [2.45, 2.75) is 19.3 Å². The Hall–Kier alpha value is -1.64. The number of nitrogens with zero attached hydrogens (tertiary/aromatic N) is 2. The van der Waals surface area contributed by atoms with Gasteiger partial charge in [-0.1, -0.05) is 6.07 Å². The average molecular weight is 185 g/mol. The van der Waals surface area contributed by atoms with E-state index in [9.17, 15) is 0 Å². The minimum atomic E-state index is 0.979. The molecule has 0 amide bonds. The molecule has 3 rings (SSSR count). The molecular formula is C11H11N3. The van der Waals surface area contributed by atoms with Gasteiger partial charge >= 0.3 is 0 Å². The third kappa shape index (κ3) is 1.05. The maximum atomic E-state index is 4.32. The van der Waals surface area contributed by atoms with Gasteiger partial charge in [0.1, 0.15) is 5.69 Å². The van der Waals surface area contributed by atoms with E-state index in [1.54, 1.807) is 0 Å². The summed E-state index contributed by atoms with van der Waals surface area (Å²) >= 11 is 0. The summed E-state index contributed by atoms with van der Waals surface area (Å²) in [5, 5.41) is 7.42. The zero-order valence-electron chi connectivity index (χ0n) is 7.83. The fourth-order valence-corrected chi connectivity index (χ4v) is 2.03. The summed E-state index contributed by atoms with van der Waals surface area (Å²) in [5.41, 5.74) is 4.68. The minimum Gasteiger partial charge on any atom is -0.282 e. The van der Waals surface area contributed by atoms with Crippen molar-refractivity contribution in [3.8, 4) is 11.4 Å². The molecule has 0 saturated heterocycles. The van der Waals surface area contributed by atoms with Gasteiger partial charge in [0, 0.05) is 17.5 Å². The topological polar surface area (TPSA) is 41.6 Å². The molecular weight excluding hydrogens is 174 g/mol. The zero-order valence-corrected chi connectivity index (χ0v) is 7.83. The Morgan fingerprint density at radius 2 is 2.21 bits per heavy atom. The number of aromatic amines is 1. The van der Waals surface area contributed by atoms with E-state index in [-0.39, 0.29) is 0 Å². The first-order valence-corrected chi connectivity index (χ1v) is 4.92. The Kier molecular flexibility index (Phi) is 1.63. The van der Waals surface area contributed by atoms with Gasteiger partial charge in [0.25, 0.3) is 0 Å². The Labute approximate surface area is 82.2 Å². The molecule has 1 N–H and O–H groups in total. The second kappa shape index (κ2) is 2.94. The van der Waals surface area contributed by atoms with Crippen LogP contribution in [0.3, 0.4) is 0 Å². The van der Waals surface area contributed by atoms with Crippen LogP contribution in [0.15, 0.2) is 24.4 Å². The molecule has 1 aliphatic carbocycles. The van der Waals surface area contributed by atoms with Crippen molar-refractivity contribution in [1.29, 1.82) is 0 Å². The fourth-order valence-electron chi connectivity index (χ4n) is 2.03. The number of aryl methyl sites for hydroxylation is 1. The van der Waals surface area contributed by atoms with Gasteiger partial charge in [-0.3, -0.25) is 10.1 Å². The molecule has 0 atom stereocenters. The summed E-state index contributed by atoms with van der Waals surface area (Å²) in [5.74, 6) is 0. The van der Waals surface area contributed by atoms with Crippen molar-refractivity contribution < 1.29 is 0 Å². The molecule has 0 saturated carbocycles. The molecule has 1 aliphatic rings. The number of rotatable bonds is 1. The molecule has 0 radical (unpaired) electrons. The molecule has 14 heavy (non-hydrogen) atoms. The molecule has 0 spiro atoms. The molecule has 0 bridgehead atoms. The highest BCUT2D eigenvalue weighted by molar-refractivity contribution is 5.60. The summed E-state index contributed by atoms with van der Waals surface area (Å²) in [6.07, 6.45) is 5.32. The van der Waals surface area contributed by atoms with Gasteiger partial charge in [0.2, 0.25) is 0 Å². The van der Waals surface area contributed by atoms with Gasteiger partial charge in [0.05, 0.1) is 5.69 Å². The lowest BCUT2D eigenvalue weighted by Crippen LogP contribution is -1.86. The lowest BCUT2D eigenvalue weighted by molar-refractivity contribution is 0.866. The van der Waals surface area contributed by atoms with Crippen LogP contribution in [-0.4, -0.2) is 15.2 Å². The van der Waals surface area contributed by atoms with Crippen LogP contribution in [0, 0.1) is 0 Å². The van der Waals surface area contributed by atoms with Crippen LogP contribution in [0.1, 0.15) is 17.7 Å². The molecule has 2 heterocycles. The van der Waals surface area contributed by atoms with Crippen LogP contribution in [0.2, 0.25) is 0 Å². The van der Waals surface area contributed by atoms with E-state index < -0.39 is 0 Å². The van der Waals surface area contributed by atoms with Gasteiger partial charge < -0.3 is 0 Å². The molecule has 3 heteroatoms.